The molecule has 0 spiro atoms. The minimum Gasteiger partial charge on any atom is -0.372 e. The number of hydrogen-bond donors (Lipinski definition) is 0. The van der Waals surface area contributed by atoms with Gasteiger partial charge in [0.1, 0.15) is 0 Å². The van der Waals surface area contributed by atoms with Gasteiger partial charge in [-0.05, 0) is 85.4 Å². The number of fused-ring (bicyclic) bond motifs is 2. The second kappa shape index (κ2) is 16.0. The summed E-state index contributed by atoms with van der Waals surface area (Å²) in [4.78, 5) is 58.7. The third-order valence-electron chi connectivity index (χ3n) is 9.38. The van der Waals surface area contributed by atoms with Crippen LogP contribution in [-0.2, 0) is 0 Å². The third kappa shape index (κ3) is 7.43. The molecule has 5 rings (SSSR count). The third-order valence-corrected chi connectivity index (χ3v) is 9.38. The number of ketones is 4. The molecular formula is C42H48N2O4. The second-order valence-electron chi connectivity index (χ2n) is 12.9. The number of carbonyl (C=O) groups excluding carboxylic acids is 4. The van der Waals surface area contributed by atoms with E-state index in [1.165, 1.54) is 12.1 Å². The van der Waals surface area contributed by atoms with Gasteiger partial charge < -0.3 is 9.80 Å². The van der Waals surface area contributed by atoms with Gasteiger partial charge >= 0.3 is 0 Å². The van der Waals surface area contributed by atoms with Crippen molar-refractivity contribution >= 4 is 46.7 Å². The number of hydrogen-bond acceptors (Lipinski definition) is 6. The van der Waals surface area contributed by atoms with Crippen molar-refractivity contribution in [1.82, 2.24) is 0 Å². The van der Waals surface area contributed by atoms with Crippen LogP contribution in [0, 0.1) is 0 Å². The maximum atomic E-state index is 13.5. The summed E-state index contributed by atoms with van der Waals surface area (Å²) in [6.45, 7) is 12.7. The molecule has 0 aromatic heterocycles. The maximum Gasteiger partial charge on any atom is 0.197 e. The van der Waals surface area contributed by atoms with Crippen LogP contribution in [0.4, 0.5) is 11.4 Å². The summed E-state index contributed by atoms with van der Waals surface area (Å²) >= 11 is 0. The van der Waals surface area contributed by atoms with E-state index in [1.807, 2.05) is 48.5 Å². The van der Waals surface area contributed by atoms with E-state index in [1.54, 1.807) is 12.2 Å². The number of unbranched alkanes of at least 4 members (excludes halogenated alkanes) is 4. The summed E-state index contributed by atoms with van der Waals surface area (Å²) < 4.78 is 0. The van der Waals surface area contributed by atoms with Gasteiger partial charge in [-0.15, -0.1) is 0 Å². The van der Waals surface area contributed by atoms with E-state index < -0.39 is 23.1 Å². The normalized spacial score (nSPS) is 13.7. The number of rotatable bonds is 16. The molecule has 3 aromatic carbocycles. The van der Waals surface area contributed by atoms with Gasteiger partial charge in [-0.1, -0.05) is 77.6 Å². The number of nitrogens with zero attached hydrogens (tertiary/aromatic N) is 2. The van der Waals surface area contributed by atoms with Gasteiger partial charge in [0.2, 0.25) is 0 Å². The minimum absolute atomic E-state index is 0.0536. The highest BCUT2D eigenvalue weighted by Crippen LogP contribution is 2.36. The van der Waals surface area contributed by atoms with Gasteiger partial charge in [-0.25, -0.2) is 0 Å². The zero-order chi connectivity index (χ0) is 34.2. The Hall–Kier alpha value is -4.58. The highest BCUT2D eigenvalue weighted by Gasteiger charge is 2.40. The predicted molar refractivity (Wildman–Crippen MR) is 197 cm³/mol. The van der Waals surface area contributed by atoms with Crippen molar-refractivity contribution in [1.29, 1.82) is 0 Å². The van der Waals surface area contributed by atoms with Crippen molar-refractivity contribution in [2.75, 3.05) is 36.0 Å². The van der Waals surface area contributed by atoms with Crippen LogP contribution >= 0.6 is 0 Å². The number of Topliss-reactive ketones (excluding diaryl/α,β-unsaturated/α-hetero) is 4. The average Bonchev–Trinajstić information content (AvgIpc) is 3.47. The minimum atomic E-state index is -0.418. The topological polar surface area (TPSA) is 74.8 Å². The largest absolute Gasteiger partial charge is 0.372 e. The van der Waals surface area contributed by atoms with Crippen LogP contribution in [0.3, 0.4) is 0 Å². The molecule has 0 heterocycles. The first-order valence-electron chi connectivity index (χ1n) is 17.8. The van der Waals surface area contributed by atoms with Gasteiger partial charge in [-0.2, -0.15) is 0 Å². The van der Waals surface area contributed by atoms with Crippen molar-refractivity contribution in [3.05, 3.63) is 105 Å². The fraction of sp³-hybridized carbons (Fsp3) is 0.381. The summed E-state index contributed by atoms with van der Waals surface area (Å²) in [5.74, 6) is -1.67. The maximum absolute atomic E-state index is 13.5. The lowest BCUT2D eigenvalue weighted by atomic mass is 10.0. The van der Waals surface area contributed by atoms with Crippen LogP contribution in [-0.4, -0.2) is 49.3 Å². The van der Waals surface area contributed by atoms with Crippen LogP contribution in [0.25, 0.3) is 12.2 Å². The smallest absolute Gasteiger partial charge is 0.197 e. The van der Waals surface area contributed by atoms with E-state index in [0.29, 0.717) is 0 Å². The molecule has 48 heavy (non-hydrogen) atoms. The summed E-state index contributed by atoms with van der Waals surface area (Å²) in [6.07, 6.45) is 12.2. The molecule has 0 atom stereocenters. The highest BCUT2D eigenvalue weighted by atomic mass is 16.2. The van der Waals surface area contributed by atoms with Crippen LogP contribution in [0.2, 0.25) is 0 Å². The first-order chi connectivity index (χ1) is 23.3. The van der Waals surface area contributed by atoms with E-state index in [9.17, 15) is 19.2 Å². The van der Waals surface area contributed by atoms with E-state index in [4.69, 9.17) is 0 Å². The summed E-state index contributed by atoms with van der Waals surface area (Å²) in [6, 6.07) is 18.8. The molecule has 0 aliphatic heterocycles. The van der Waals surface area contributed by atoms with Crippen molar-refractivity contribution in [3.8, 4) is 0 Å². The van der Waals surface area contributed by atoms with E-state index in [-0.39, 0.29) is 33.4 Å². The molecule has 0 fully saturated rings. The molecule has 0 N–H and O–H groups in total. The molecular weight excluding hydrogens is 596 g/mol. The fourth-order valence-electron chi connectivity index (χ4n) is 6.43. The molecule has 0 saturated heterocycles. The Morgan fingerprint density at radius 1 is 0.438 bits per heavy atom. The second-order valence-corrected chi connectivity index (χ2v) is 12.9. The van der Waals surface area contributed by atoms with Crippen molar-refractivity contribution < 1.29 is 19.2 Å². The summed E-state index contributed by atoms with van der Waals surface area (Å²) in [5, 5.41) is 0. The molecule has 2 aliphatic carbocycles. The first kappa shape index (κ1) is 34.7. The van der Waals surface area contributed by atoms with Gasteiger partial charge in [0, 0.05) is 59.8 Å². The van der Waals surface area contributed by atoms with Crippen LogP contribution in [0.15, 0.2) is 71.8 Å². The number of allylic oxidation sites excluding steroid dienone is 2. The van der Waals surface area contributed by atoms with Gasteiger partial charge in [0.25, 0.3) is 0 Å². The summed E-state index contributed by atoms with van der Waals surface area (Å²) in [7, 11) is 0. The molecule has 0 bridgehead atoms. The zero-order valence-corrected chi connectivity index (χ0v) is 28.9. The van der Waals surface area contributed by atoms with Crippen LogP contribution in [0.5, 0.6) is 0 Å². The van der Waals surface area contributed by atoms with Crippen molar-refractivity contribution in [3.63, 3.8) is 0 Å². The molecule has 0 radical (unpaired) electrons. The lowest BCUT2D eigenvalue weighted by molar-refractivity contribution is 0.0978. The Morgan fingerprint density at radius 2 is 0.708 bits per heavy atom. The zero-order valence-electron chi connectivity index (χ0n) is 28.9. The summed E-state index contributed by atoms with van der Waals surface area (Å²) in [5.41, 5.74) is 4.58. The Morgan fingerprint density at radius 3 is 0.958 bits per heavy atom. The highest BCUT2D eigenvalue weighted by molar-refractivity contribution is 6.45. The Kier molecular flexibility index (Phi) is 11.6. The van der Waals surface area contributed by atoms with E-state index >= 15 is 0 Å². The molecule has 2 aliphatic rings. The quantitative estimate of drug-likeness (QED) is 0.114. The van der Waals surface area contributed by atoms with E-state index in [0.717, 1.165) is 100 Å². The lowest BCUT2D eigenvalue weighted by Crippen LogP contribution is -2.25. The Balaban J connectivity index is 1.35. The van der Waals surface area contributed by atoms with Crippen molar-refractivity contribution in [2.45, 2.75) is 79.1 Å². The molecule has 0 unspecified atom stereocenters. The van der Waals surface area contributed by atoms with Crippen molar-refractivity contribution in [2.24, 2.45) is 0 Å². The Bertz CT molecular complexity index is 1530. The monoisotopic (exact) mass is 644 g/mol. The molecule has 0 saturated carbocycles. The van der Waals surface area contributed by atoms with Crippen LogP contribution in [0.1, 0.15) is 132 Å². The molecule has 6 heteroatoms. The van der Waals surface area contributed by atoms with E-state index in [2.05, 4.69) is 37.5 Å². The number of anilines is 2. The lowest BCUT2D eigenvalue weighted by Gasteiger charge is -2.24. The SMILES string of the molecule is CCCCN(CCCC)c1ccc(C=C2C(=O)c3cc4c(cc3C2=O)C(=O)C(=Cc2ccc(N(CCCC)CCCC)cc2)C4=O)cc1. The standard InChI is InChI=1S/C42H48N2O4/c1-5-9-21-43(22-10-6-2)31-17-13-29(14-18-31)25-37-39(45)33-27-35-36(28-34(33)40(37)46)42(48)38(41(35)47)26-30-15-19-32(20-16-30)44(23-11-7-3)24-12-8-4/h13-20,25-28H,5-12,21-24H2,1-4H3. The average molecular weight is 645 g/mol. The van der Waals surface area contributed by atoms with Gasteiger partial charge in [0.15, 0.2) is 23.1 Å². The fourth-order valence-corrected chi connectivity index (χ4v) is 6.43. The Labute approximate surface area is 285 Å². The number of carbonyl (C=O) groups is 4. The van der Waals surface area contributed by atoms with Gasteiger partial charge in [-0.3, -0.25) is 19.2 Å². The first-order valence-corrected chi connectivity index (χ1v) is 17.8. The molecule has 250 valence electrons. The van der Waals surface area contributed by atoms with Gasteiger partial charge in [0.05, 0.1) is 11.1 Å². The molecule has 0 amide bonds. The molecule has 6 nitrogen and oxygen atoms in total. The number of benzene rings is 3. The van der Waals surface area contributed by atoms with Crippen LogP contribution < -0.4 is 9.80 Å². The molecule has 3 aromatic rings. The predicted octanol–water partition coefficient (Wildman–Crippen LogP) is 9.43.